The fraction of sp³-hybridized carbons (Fsp3) is 0.312. The van der Waals surface area contributed by atoms with Gasteiger partial charge < -0.3 is 10.6 Å². The van der Waals surface area contributed by atoms with Crippen molar-refractivity contribution in [2.75, 3.05) is 18.5 Å². The summed E-state index contributed by atoms with van der Waals surface area (Å²) in [7, 11) is 2.04. The highest BCUT2D eigenvalue weighted by molar-refractivity contribution is 7.80. The molecule has 0 aliphatic heterocycles. The number of likely N-dealkylation sites (N-methyl/N-ethyl adjacent to an activating group) is 1. The Labute approximate surface area is 131 Å². The van der Waals surface area contributed by atoms with Gasteiger partial charge in [0.15, 0.2) is 0 Å². The molecule has 110 valence electrons. The lowest BCUT2D eigenvalue weighted by Crippen LogP contribution is -2.25. The van der Waals surface area contributed by atoms with Crippen LogP contribution in [0.4, 0.5) is 5.69 Å². The van der Waals surface area contributed by atoms with E-state index in [2.05, 4.69) is 14.9 Å². The van der Waals surface area contributed by atoms with Gasteiger partial charge in [0.05, 0.1) is 11.3 Å². The number of aromatic nitrogens is 2. The molecule has 0 saturated heterocycles. The molecule has 0 radical (unpaired) electrons. The monoisotopic (exact) mass is 300 g/mol. The van der Waals surface area contributed by atoms with E-state index in [1.54, 1.807) is 0 Å². The van der Waals surface area contributed by atoms with Crippen LogP contribution in [0.15, 0.2) is 30.5 Å². The maximum Gasteiger partial charge on any atom is 0.107 e. The van der Waals surface area contributed by atoms with Gasteiger partial charge >= 0.3 is 0 Å². The van der Waals surface area contributed by atoms with E-state index < -0.39 is 0 Å². The molecule has 2 heterocycles. The summed E-state index contributed by atoms with van der Waals surface area (Å²) in [6.45, 7) is 4.76. The van der Waals surface area contributed by atoms with Crippen LogP contribution in [0.25, 0.3) is 0 Å². The second-order valence-electron chi connectivity index (χ2n) is 5.10. The smallest absolute Gasteiger partial charge is 0.107 e. The summed E-state index contributed by atoms with van der Waals surface area (Å²) in [6.07, 6.45) is 2.69. The lowest BCUT2D eigenvalue weighted by atomic mass is 10.1. The molecule has 0 aliphatic carbocycles. The van der Waals surface area contributed by atoms with E-state index in [-0.39, 0.29) is 0 Å². The quantitative estimate of drug-likeness (QED) is 0.859. The number of anilines is 1. The molecule has 0 atom stereocenters. The standard InChI is InChI=1S/C16H20N4S/c1-11-10-14(15(16(17)21)12(2)19-11)20(3)9-7-13-6-4-5-8-18-13/h4-6,8,10H,7,9H2,1-3H3,(H2,17,21). The van der Waals surface area contributed by atoms with Crippen molar-refractivity contribution in [3.8, 4) is 0 Å². The molecular formula is C16H20N4S. The largest absolute Gasteiger partial charge is 0.389 e. The first-order chi connectivity index (χ1) is 9.99. The maximum atomic E-state index is 5.86. The summed E-state index contributed by atoms with van der Waals surface area (Å²) in [4.78, 5) is 11.3. The van der Waals surface area contributed by atoms with E-state index in [0.717, 1.165) is 41.3 Å². The molecular weight excluding hydrogens is 280 g/mol. The van der Waals surface area contributed by atoms with Gasteiger partial charge in [-0.25, -0.2) is 0 Å². The van der Waals surface area contributed by atoms with Gasteiger partial charge in [0.1, 0.15) is 4.99 Å². The molecule has 4 nitrogen and oxygen atoms in total. The Morgan fingerprint density at radius 2 is 2.10 bits per heavy atom. The zero-order chi connectivity index (χ0) is 15.4. The maximum absolute atomic E-state index is 5.86. The highest BCUT2D eigenvalue weighted by Gasteiger charge is 2.14. The molecule has 0 aromatic carbocycles. The molecule has 0 aliphatic rings. The Hall–Kier alpha value is -2.01. The molecule has 0 saturated carbocycles. The highest BCUT2D eigenvalue weighted by atomic mass is 32.1. The van der Waals surface area contributed by atoms with E-state index in [9.17, 15) is 0 Å². The van der Waals surface area contributed by atoms with Gasteiger partial charge in [-0.2, -0.15) is 0 Å². The number of thiocarbonyl (C=S) groups is 1. The normalized spacial score (nSPS) is 10.4. The Kier molecular flexibility index (Phi) is 4.85. The molecule has 0 fully saturated rings. The summed E-state index contributed by atoms with van der Waals surface area (Å²) in [5.74, 6) is 0. The van der Waals surface area contributed by atoms with Crippen molar-refractivity contribution in [3.05, 3.63) is 53.1 Å². The van der Waals surface area contributed by atoms with Crippen molar-refractivity contribution in [2.24, 2.45) is 5.73 Å². The second-order valence-corrected chi connectivity index (χ2v) is 5.54. The number of nitrogens with two attached hydrogens (primary N) is 1. The van der Waals surface area contributed by atoms with E-state index >= 15 is 0 Å². The molecule has 2 rings (SSSR count). The average molecular weight is 300 g/mol. The number of aryl methyl sites for hydroxylation is 2. The van der Waals surface area contributed by atoms with Crippen molar-refractivity contribution >= 4 is 22.9 Å². The molecule has 0 spiro atoms. The fourth-order valence-corrected chi connectivity index (χ4v) is 2.61. The first-order valence-electron chi connectivity index (χ1n) is 6.88. The zero-order valence-corrected chi connectivity index (χ0v) is 13.4. The lowest BCUT2D eigenvalue weighted by Gasteiger charge is -2.23. The van der Waals surface area contributed by atoms with Gasteiger partial charge in [-0.3, -0.25) is 9.97 Å². The highest BCUT2D eigenvalue weighted by Crippen LogP contribution is 2.23. The van der Waals surface area contributed by atoms with Gasteiger partial charge in [-0.1, -0.05) is 18.3 Å². The average Bonchev–Trinajstić information content (AvgIpc) is 2.44. The molecule has 0 amide bonds. The van der Waals surface area contributed by atoms with Crippen molar-refractivity contribution in [3.63, 3.8) is 0 Å². The van der Waals surface area contributed by atoms with Crippen LogP contribution in [0.3, 0.4) is 0 Å². The predicted octanol–water partition coefficient (Wildman–Crippen LogP) is 2.41. The van der Waals surface area contributed by atoms with Gasteiger partial charge in [0.25, 0.3) is 0 Å². The van der Waals surface area contributed by atoms with Gasteiger partial charge in [-0.05, 0) is 32.0 Å². The Balaban J connectivity index is 2.22. The molecule has 21 heavy (non-hydrogen) atoms. The minimum Gasteiger partial charge on any atom is -0.389 e. The number of nitrogens with zero attached hydrogens (tertiary/aromatic N) is 3. The first-order valence-corrected chi connectivity index (χ1v) is 7.29. The summed E-state index contributed by atoms with van der Waals surface area (Å²) in [5.41, 5.74) is 10.7. The Morgan fingerprint density at radius 1 is 1.33 bits per heavy atom. The molecule has 0 bridgehead atoms. The van der Waals surface area contributed by atoms with Gasteiger partial charge in [0, 0.05) is 43.3 Å². The van der Waals surface area contributed by atoms with Crippen LogP contribution in [-0.2, 0) is 6.42 Å². The molecule has 5 heteroatoms. The van der Waals surface area contributed by atoms with Crippen LogP contribution in [0.2, 0.25) is 0 Å². The minimum absolute atomic E-state index is 0.389. The van der Waals surface area contributed by atoms with Crippen LogP contribution < -0.4 is 10.6 Å². The van der Waals surface area contributed by atoms with Gasteiger partial charge in [0.2, 0.25) is 0 Å². The van der Waals surface area contributed by atoms with Crippen LogP contribution in [0.1, 0.15) is 22.6 Å². The van der Waals surface area contributed by atoms with Crippen molar-refractivity contribution < 1.29 is 0 Å². The minimum atomic E-state index is 0.389. The molecule has 0 unspecified atom stereocenters. The topological polar surface area (TPSA) is 55.0 Å². The molecule has 2 aromatic rings. The second kappa shape index (κ2) is 6.63. The Morgan fingerprint density at radius 3 is 2.71 bits per heavy atom. The summed E-state index contributed by atoms with van der Waals surface area (Å²) < 4.78 is 0. The number of hydrogen-bond acceptors (Lipinski definition) is 4. The van der Waals surface area contributed by atoms with E-state index in [0.29, 0.717) is 4.99 Å². The third-order valence-corrected chi connectivity index (χ3v) is 3.60. The lowest BCUT2D eigenvalue weighted by molar-refractivity contribution is 0.848. The van der Waals surface area contributed by atoms with E-state index in [1.807, 2.05) is 51.4 Å². The summed E-state index contributed by atoms with van der Waals surface area (Å²) >= 11 is 5.18. The van der Waals surface area contributed by atoms with Crippen molar-refractivity contribution in [2.45, 2.75) is 20.3 Å². The fourth-order valence-electron chi connectivity index (χ4n) is 2.36. The third kappa shape index (κ3) is 3.76. The van der Waals surface area contributed by atoms with Gasteiger partial charge in [-0.15, -0.1) is 0 Å². The zero-order valence-electron chi connectivity index (χ0n) is 12.6. The van der Waals surface area contributed by atoms with Crippen molar-refractivity contribution in [1.82, 2.24) is 9.97 Å². The van der Waals surface area contributed by atoms with Crippen LogP contribution >= 0.6 is 12.2 Å². The number of rotatable bonds is 5. The molecule has 2 N–H and O–H groups in total. The first kappa shape index (κ1) is 15.4. The third-order valence-electron chi connectivity index (χ3n) is 3.39. The summed E-state index contributed by atoms with van der Waals surface area (Å²) in [5, 5.41) is 0. The SMILES string of the molecule is Cc1cc(N(C)CCc2ccccn2)c(C(N)=S)c(C)n1. The number of hydrogen-bond donors (Lipinski definition) is 1. The number of pyridine rings is 2. The predicted molar refractivity (Wildman–Crippen MR) is 90.8 cm³/mol. The van der Waals surface area contributed by atoms with Crippen LogP contribution in [0.5, 0.6) is 0 Å². The van der Waals surface area contributed by atoms with Crippen LogP contribution in [-0.4, -0.2) is 28.5 Å². The Bertz CT molecular complexity index is 640. The van der Waals surface area contributed by atoms with E-state index in [4.69, 9.17) is 18.0 Å². The van der Waals surface area contributed by atoms with E-state index in [1.165, 1.54) is 0 Å². The van der Waals surface area contributed by atoms with Crippen LogP contribution in [0, 0.1) is 13.8 Å². The van der Waals surface area contributed by atoms with Crippen molar-refractivity contribution in [1.29, 1.82) is 0 Å². The molecule has 2 aromatic heterocycles. The summed E-state index contributed by atoms with van der Waals surface area (Å²) in [6, 6.07) is 7.99.